The molecule has 1 fully saturated rings. The highest BCUT2D eigenvalue weighted by molar-refractivity contribution is 14.1. The van der Waals surface area contributed by atoms with E-state index in [9.17, 15) is 0 Å². The summed E-state index contributed by atoms with van der Waals surface area (Å²) in [5.41, 5.74) is 5.46. The summed E-state index contributed by atoms with van der Waals surface area (Å²) in [7, 11) is 0. The lowest BCUT2D eigenvalue weighted by Crippen LogP contribution is -2.07. The van der Waals surface area contributed by atoms with Gasteiger partial charge in [-0.15, -0.1) is 0 Å². The Morgan fingerprint density at radius 1 is 1.58 bits per heavy atom. The average Bonchev–Trinajstić information content (AvgIpc) is 2.81. The van der Waals surface area contributed by atoms with Crippen LogP contribution in [-0.4, -0.2) is 16.0 Å². The van der Waals surface area contributed by atoms with Crippen LogP contribution < -0.4 is 11.1 Å². The van der Waals surface area contributed by atoms with E-state index in [-0.39, 0.29) is 0 Å². The van der Waals surface area contributed by atoms with Crippen molar-refractivity contribution >= 4 is 34.4 Å². The number of anilines is 2. The van der Waals surface area contributed by atoms with E-state index in [2.05, 4.69) is 37.9 Å². The van der Waals surface area contributed by atoms with Gasteiger partial charge in [0, 0.05) is 12.2 Å². The van der Waals surface area contributed by atoms with Gasteiger partial charge in [-0.25, -0.2) is 4.98 Å². The lowest BCUT2D eigenvalue weighted by molar-refractivity contribution is 1.08. The Bertz CT molecular complexity index is 297. The molecule has 0 atom stereocenters. The first-order valence-corrected chi connectivity index (χ1v) is 4.88. The minimum atomic E-state index is 0.332. The van der Waals surface area contributed by atoms with E-state index in [0.717, 1.165) is 9.39 Å². The van der Waals surface area contributed by atoms with Gasteiger partial charge in [0.2, 0.25) is 5.95 Å². The maximum atomic E-state index is 5.46. The third-order valence-electron chi connectivity index (χ3n) is 1.68. The molecule has 12 heavy (non-hydrogen) atoms. The summed E-state index contributed by atoms with van der Waals surface area (Å²) in [4.78, 5) is 7.99. The van der Waals surface area contributed by atoms with Crippen molar-refractivity contribution in [3.05, 3.63) is 9.77 Å². The van der Waals surface area contributed by atoms with E-state index in [4.69, 9.17) is 5.73 Å². The quantitative estimate of drug-likeness (QED) is 0.798. The van der Waals surface area contributed by atoms with Gasteiger partial charge in [-0.3, -0.25) is 0 Å². The molecule has 1 aliphatic rings. The number of nitrogens with zero attached hydrogens (tertiary/aromatic N) is 2. The van der Waals surface area contributed by atoms with Crippen LogP contribution in [0.2, 0.25) is 0 Å². The second-order valence-corrected chi connectivity index (χ2v) is 4.01. The number of halogens is 1. The van der Waals surface area contributed by atoms with E-state index < -0.39 is 0 Å². The van der Waals surface area contributed by atoms with Crippen molar-refractivity contribution in [2.75, 3.05) is 11.1 Å². The van der Waals surface area contributed by atoms with Crippen molar-refractivity contribution in [1.29, 1.82) is 0 Å². The molecule has 2 rings (SSSR count). The summed E-state index contributed by atoms with van der Waals surface area (Å²) in [6, 6.07) is 0.604. The highest BCUT2D eigenvalue weighted by Crippen LogP contribution is 2.26. The molecule has 0 aliphatic heterocycles. The average molecular weight is 276 g/mol. The first-order valence-electron chi connectivity index (χ1n) is 3.80. The van der Waals surface area contributed by atoms with Gasteiger partial charge in [-0.05, 0) is 35.4 Å². The van der Waals surface area contributed by atoms with Gasteiger partial charge >= 0.3 is 0 Å². The number of rotatable bonds is 2. The largest absolute Gasteiger partial charge is 0.368 e. The zero-order valence-electron chi connectivity index (χ0n) is 6.42. The van der Waals surface area contributed by atoms with Crippen LogP contribution in [0, 0.1) is 3.57 Å². The van der Waals surface area contributed by atoms with E-state index in [1.165, 1.54) is 12.8 Å². The fraction of sp³-hybridized carbons (Fsp3) is 0.429. The van der Waals surface area contributed by atoms with Crippen molar-refractivity contribution in [3.8, 4) is 0 Å². The molecule has 1 aliphatic carbocycles. The molecule has 0 bridgehead atoms. The summed E-state index contributed by atoms with van der Waals surface area (Å²) in [6.45, 7) is 0. The maximum Gasteiger partial charge on any atom is 0.221 e. The molecule has 1 saturated carbocycles. The maximum absolute atomic E-state index is 5.46. The van der Waals surface area contributed by atoms with E-state index in [0.29, 0.717) is 12.0 Å². The zero-order chi connectivity index (χ0) is 8.55. The molecule has 4 nitrogen and oxygen atoms in total. The first-order chi connectivity index (χ1) is 5.75. The minimum absolute atomic E-state index is 0.332. The standard InChI is InChI=1S/C7H9IN4/c8-5-3-10-7(9)12-6(5)11-4-1-2-4/h3-4H,1-2H2,(H3,9,10,11,12). The van der Waals surface area contributed by atoms with Crippen molar-refractivity contribution in [1.82, 2.24) is 9.97 Å². The third kappa shape index (κ3) is 1.77. The summed E-state index contributed by atoms with van der Waals surface area (Å²) in [6.07, 6.45) is 4.20. The number of nitrogens with one attached hydrogen (secondary N) is 1. The van der Waals surface area contributed by atoms with E-state index in [1.54, 1.807) is 6.20 Å². The van der Waals surface area contributed by atoms with E-state index in [1.807, 2.05) is 0 Å². The Morgan fingerprint density at radius 3 is 3.00 bits per heavy atom. The normalized spacial score (nSPS) is 16.1. The van der Waals surface area contributed by atoms with E-state index >= 15 is 0 Å². The summed E-state index contributed by atoms with van der Waals surface area (Å²) >= 11 is 2.20. The number of hydrogen-bond acceptors (Lipinski definition) is 4. The predicted octanol–water partition coefficient (Wildman–Crippen LogP) is 1.24. The van der Waals surface area contributed by atoms with Gasteiger partial charge in [-0.2, -0.15) is 4.98 Å². The molecule has 1 aromatic rings. The van der Waals surface area contributed by atoms with Crippen molar-refractivity contribution in [3.63, 3.8) is 0 Å². The van der Waals surface area contributed by atoms with Gasteiger partial charge in [0.25, 0.3) is 0 Å². The highest BCUT2D eigenvalue weighted by Gasteiger charge is 2.22. The monoisotopic (exact) mass is 276 g/mol. The zero-order valence-corrected chi connectivity index (χ0v) is 8.58. The van der Waals surface area contributed by atoms with Gasteiger partial charge in [0.15, 0.2) is 0 Å². The molecule has 1 heterocycles. The van der Waals surface area contributed by atoms with Crippen molar-refractivity contribution < 1.29 is 0 Å². The molecular formula is C7H9IN4. The summed E-state index contributed by atoms with van der Waals surface area (Å²) in [5.74, 6) is 1.20. The second-order valence-electron chi connectivity index (χ2n) is 2.84. The number of nitrogens with two attached hydrogens (primary N) is 1. The Hall–Kier alpha value is -0.590. The lowest BCUT2D eigenvalue weighted by atomic mass is 10.5. The van der Waals surface area contributed by atoms with Gasteiger partial charge in [-0.1, -0.05) is 0 Å². The molecule has 0 radical (unpaired) electrons. The molecule has 0 spiro atoms. The molecule has 0 unspecified atom stereocenters. The van der Waals surface area contributed by atoms with Crippen LogP contribution in [0.4, 0.5) is 11.8 Å². The van der Waals surface area contributed by atoms with Crippen LogP contribution in [0.1, 0.15) is 12.8 Å². The molecule has 0 aromatic carbocycles. The molecular weight excluding hydrogens is 267 g/mol. The first kappa shape index (κ1) is 8.03. The molecule has 64 valence electrons. The van der Waals surface area contributed by atoms with Crippen LogP contribution in [0.25, 0.3) is 0 Å². The molecule has 0 saturated heterocycles. The number of aromatic nitrogens is 2. The Labute approximate surface area is 84.1 Å². The van der Waals surface area contributed by atoms with Crippen LogP contribution in [0.3, 0.4) is 0 Å². The van der Waals surface area contributed by atoms with Crippen LogP contribution in [0.15, 0.2) is 6.20 Å². The molecule has 0 amide bonds. The van der Waals surface area contributed by atoms with Gasteiger partial charge in [0.05, 0.1) is 3.57 Å². The molecule has 1 aromatic heterocycles. The van der Waals surface area contributed by atoms with Gasteiger partial charge in [0.1, 0.15) is 5.82 Å². The minimum Gasteiger partial charge on any atom is -0.368 e. The highest BCUT2D eigenvalue weighted by atomic mass is 127. The summed E-state index contributed by atoms with van der Waals surface area (Å²) in [5, 5.41) is 3.29. The number of nitrogen functional groups attached to an aromatic ring is 1. The van der Waals surface area contributed by atoms with Crippen LogP contribution in [0.5, 0.6) is 0 Å². The predicted molar refractivity (Wildman–Crippen MR) is 55.8 cm³/mol. The topological polar surface area (TPSA) is 63.8 Å². The third-order valence-corrected chi connectivity index (χ3v) is 2.47. The Kier molecular flexibility index (Phi) is 2.03. The fourth-order valence-electron chi connectivity index (χ4n) is 0.903. The second kappa shape index (κ2) is 3.04. The SMILES string of the molecule is Nc1ncc(I)c(NC2CC2)n1. The Balaban J connectivity index is 2.21. The lowest BCUT2D eigenvalue weighted by Gasteiger charge is -2.05. The van der Waals surface area contributed by atoms with Gasteiger partial charge < -0.3 is 11.1 Å². The number of hydrogen-bond donors (Lipinski definition) is 2. The Morgan fingerprint density at radius 2 is 2.33 bits per heavy atom. The summed E-state index contributed by atoms with van der Waals surface area (Å²) < 4.78 is 1.02. The molecule has 3 N–H and O–H groups in total. The van der Waals surface area contributed by atoms with Crippen molar-refractivity contribution in [2.45, 2.75) is 18.9 Å². The van der Waals surface area contributed by atoms with Crippen LogP contribution >= 0.6 is 22.6 Å². The fourth-order valence-corrected chi connectivity index (χ4v) is 1.32. The van der Waals surface area contributed by atoms with Crippen molar-refractivity contribution in [2.24, 2.45) is 0 Å². The smallest absolute Gasteiger partial charge is 0.221 e. The molecule has 5 heteroatoms. The van der Waals surface area contributed by atoms with Crippen LogP contribution in [-0.2, 0) is 0 Å².